The van der Waals surface area contributed by atoms with E-state index in [0.717, 1.165) is 11.1 Å². The Labute approximate surface area is 124 Å². The second-order valence-electron chi connectivity index (χ2n) is 5.36. The number of carbonyl (C=O) groups excluding carboxylic acids is 2. The molecule has 110 valence electrons. The van der Waals surface area contributed by atoms with Crippen LogP contribution in [0.25, 0.3) is 0 Å². The second-order valence-corrected chi connectivity index (χ2v) is 5.77. The molecule has 0 aliphatic rings. The van der Waals surface area contributed by atoms with Gasteiger partial charge in [-0.15, -0.1) is 0 Å². The molecule has 2 amide bonds. The molecule has 0 aliphatic carbocycles. The fourth-order valence-corrected chi connectivity index (χ4v) is 2.15. The van der Waals surface area contributed by atoms with Crippen LogP contribution in [0.1, 0.15) is 31.4 Å². The summed E-state index contributed by atoms with van der Waals surface area (Å²) in [5, 5.41) is 5.88. The van der Waals surface area contributed by atoms with E-state index in [0.29, 0.717) is 23.2 Å². The lowest BCUT2D eigenvalue weighted by atomic mass is 10.1. The van der Waals surface area contributed by atoms with Crippen LogP contribution in [0.4, 0.5) is 5.69 Å². The number of carbonyl (C=O) groups is 2. The summed E-state index contributed by atoms with van der Waals surface area (Å²) in [6.07, 6.45) is -0.198. The zero-order valence-electron chi connectivity index (χ0n) is 12.3. The molecule has 0 heterocycles. The maximum absolute atomic E-state index is 11.8. The van der Waals surface area contributed by atoms with Gasteiger partial charge in [-0.05, 0) is 37.0 Å². The van der Waals surface area contributed by atoms with Crippen LogP contribution in [-0.4, -0.2) is 18.4 Å². The molecule has 20 heavy (non-hydrogen) atoms. The highest BCUT2D eigenvalue weighted by Crippen LogP contribution is 2.27. The molecule has 0 bridgehead atoms. The highest BCUT2D eigenvalue weighted by atomic mass is 35.5. The van der Waals surface area contributed by atoms with Gasteiger partial charge in [0.25, 0.3) is 0 Å². The van der Waals surface area contributed by atoms with Crippen LogP contribution in [0.2, 0.25) is 5.02 Å². The highest BCUT2D eigenvalue weighted by molar-refractivity contribution is 6.34. The van der Waals surface area contributed by atoms with Crippen LogP contribution < -0.4 is 10.6 Å². The minimum atomic E-state index is -0.361. The molecular formula is C15H21ClN2O2. The molecule has 1 aromatic carbocycles. The summed E-state index contributed by atoms with van der Waals surface area (Å²) < 4.78 is 0. The van der Waals surface area contributed by atoms with Gasteiger partial charge in [0.1, 0.15) is 6.42 Å². The first kappa shape index (κ1) is 16.5. The first-order valence-electron chi connectivity index (χ1n) is 6.63. The molecule has 0 saturated heterocycles. The Balaban J connectivity index is 2.61. The van der Waals surface area contributed by atoms with Crippen molar-refractivity contribution in [2.24, 2.45) is 5.92 Å². The van der Waals surface area contributed by atoms with Crippen molar-refractivity contribution in [3.8, 4) is 0 Å². The summed E-state index contributed by atoms with van der Waals surface area (Å²) in [5.41, 5.74) is 2.48. The predicted molar refractivity (Wildman–Crippen MR) is 82.0 cm³/mol. The van der Waals surface area contributed by atoms with Gasteiger partial charge in [-0.2, -0.15) is 0 Å². The summed E-state index contributed by atoms with van der Waals surface area (Å²) >= 11 is 6.10. The van der Waals surface area contributed by atoms with E-state index >= 15 is 0 Å². The smallest absolute Gasteiger partial charge is 0.233 e. The van der Waals surface area contributed by atoms with Crippen molar-refractivity contribution >= 4 is 29.1 Å². The van der Waals surface area contributed by atoms with Crippen LogP contribution in [0.3, 0.4) is 0 Å². The Hall–Kier alpha value is -1.55. The first-order valence-corrected chi connectivity index (χ1v) is 7.00. The van der Waals surface area contributed by atoms with Crippen molar-refractivity contribution in [3.63, 3.8) is 0 Å². The number of hydrogen-bond acceptors (Lipinski definition) is 2. The van der Waals surface area contributed by atoms with Crippen molar-refractivity contribution < 1.29 is 9.59 Å². The van der Waals surface area contributed by atoms with Crippen LogP contribution in [-0.2, 0) is 9.59 Å². The fraction of sp³-hybridized carbons (Fsp3) is 0.467. The third kappa shape index (κ3) is 5.21. The summed E-state index contributed by atoms with van der Waals surface area (Å²) in [7, 11) is 0. The van der Waals surface area contributed by atoms with Crippen LogP contribution >= 0.6 is 11.6 Å². The molecule has 4 nitrogen and oxygen atoms in total. The maximum Gasteiger partial charge on any atom is 0.233 e. The monoisotopic (exact) mass is 296 g/mol. The maximum atomic E-state index is 11.8. The van der Waals surface area contributed by atoms with Gasteiger partial charge in [-0.1, -0.05) is 31.5 Å². The molecule has 0 aliphatic heterocycles. The van der Waals surface area contributed by atoms with Gasteiger partial charge in [0.2, 0.25) is 11.8 Å². The zero-order chi connectivity index (χ0) is 15.3. The lowest BCUT2D eigenvalue weighted by molar-refractivity contribution is -0.126. The van der Waals surface area contributed by atoms with Gasteiger partial charge < -0.3 is 10.6 Å². The number of halogens is 1. The Kier molecular flexibility index (Phi) is 6.02. The van der Waals surface area contributed by atoms with Crippen molar-refractivity contribution in [2.75, 3.05) is 11.9 Å². The van der Waals surface area contributed by atoms with E-state index < -0.39 is 0 Å². The van der Waals surface area contributed by atoms with E-state index in [2.05, 4.69) is 10.6 Å². The summed E-state index contributed by atoms with van der Waals surface area (Å²) in [4.78, 5) is 23.4. The number of nitrogens with one attached hydrogen (secondary N) is 2. The highest BCUT2D eigenvalue weighted by Gasteiger charge is 2.13. The van der Waals surface area contributed by atoms with Gasteiger partial charge in [0.15, 0.2) is 0 Å². The first-order chi connectivity index (χ1) is 9.29. The Bertz CT molecular complexity index is 490. The number of rotatable bonds is 5. The predicted octanol–water partition coefficient (Wildman–Crippen LogP) is 3.06. The Morgan fingerprint density at radius 2 is 1.85 bits per heavy atom. The average molecular weight is 297 g/mol. The molecule has 1 rings (SSSR count). The number of aryl methyl sites for hydroxylation is 2. The molecule has 2 N–H and O–H groups in total. The second kappa shape index (κ2) is 7.29. The summed E-state index contributed by atoms with van der Waals surface area (Å²) in [6, 6.07) is 3.71. The van der Waals surface area contributed by atoms with E-state index in [1.54, 1.807) is 6.07 Å². The molecule has 0 fully saturated rings. The number of anilines is 1. The SMILES string of the molecule is Cc1cc(C)c(NC(=O)CC(=O)NCC(C)C)c(Cl)c1. The molecule has 0 aromatic heterocycles. The molecule has 0 saturated carbocycles. The zero-order valence-corrected chi connectivity index (χ0v) is 13.1. The third-order valence-corrected chi connectivity index (χ3v) is 3.02. The molecule has 0 unspecified atom stereocenters. The lowest BCUT2D eigenvalue weighted by Gasteiger charge is -2.12. The summed E-state index contributed by atoms with van der Waals surface area (Å²) in [6.45, 7) is 8.36. The normalized spacial score (nSPS) is 10.5. The molecule has 0 spiro atoms. The van der Waals surface area contributed by atoms with E-state index in [-0.39, 0.29) is 18.2 Å². The molecule has 0 atom stereocenters. The minimum absolute atomic E-state index is 0.198. The van der Waals surface area contributed by atoms with Crippen LogP contribution in [0.5, 0.6) is 0 Å². The Morgan fingerprint density at radius 3 is 2.40 bits per heavy atom. The topological polar surface area (TPSA) is 58.2 Å². The van der Waals surface area contributed by atoms with E-state index in [9.17, 15) is 9.59 Å². The van der Waals surface area contributed by atoms with Crippen molar-refractivity contribution in [3.05, 3.63) is 28.3 Å². The van der Waals surface area contributed by atoms with Gasteiger partial charge in [0, 0.05) is 6.54 Å². The van der Waals surface area contributed by atoms with Gasteiger partial charge in [-0.3, -0.25) is 9.59 Å². The Morgan fingerprint density at radius 1 is 1.20 bits per heavy atom. The number of hydrogen-bond donors (Lipinski definition) is 2. The number of benzene rings is 1. The average Bonchev–Trinajstić information content (AvgIpc) is 2.31. The van der Waals surface area contributed by atoms with Gasteiger partial charge in [-0.25, -0.2) is 0 Å². The lowest BCUT2D eigenvalue weighted by Crippen LogP contribution is -2.30. The standard InChI is InChI=1S/C15H21ClN2O2/c1-9(2)8-17-13(19)7-14(20)18-15-11(4)5-10(3)6-12(15)16/h5-6,9H,7-8H2,1-4H3,(H,17,19)(H,18,20). The van der Waals surface area contributed by atoms with Crippen molar-refractivity contribution in [1.82, 2.24) is 5.32 Å². The quantitative estimate of drug-likeness (QED) is 0.821. The van der Waals surface area contributed by atoms with E-state index in [4.69, 9.17) is 11.6 Å². The molecule has 0 radical (unpaired) electrons. The van der Waals surface area contributed by atoms with E-state index in [1.807, 2.05) is 33.8 Å². The van der Waals surface area contributed by atoms with Crippen molar-refractivity contribution in [2.45, 2.75) is 34.1 Å². The number of amides is 2. The van der Waals surface area contributed by atoms with Gasteiger partial charge in [0.05, 0.1) is 10.7 Å². The third-order valence-electron chi connectivity index (χ3n) is 2.72. The largest absolute Gasteiger partial charge is 0.355 e. The summed E-state index contributed by atoms with van der Waals surface area (Å²) in [5.74, 6) is -0.284. The van der Waals surface area contributed by atoms with Crippen LogP contribution in [0, 0.1) is 19.8 Å². The van der Waals surface area contributed by atoms with Gasteiger partial charge >= 0.3 is 0 Å². The fourth-order valence-electron chi connectivity index (χ4n) is 1.78. The molecule has 1 aromatic rings. The van der Waals surface area contributed by atoms with Crippen molar-refractivity contribution in [1.29, 1.82) is 0 Å². The minimum Gasteiger partial charge on any atom is -0.355 e. The molecular weight excluding hydrogens is 276 g/mol. The van der Waals surface area contributed by atoms with Crippen LogP contribution in [0.15, 0.2) is 12.1 Å². The molecule has 5 heteroatoms. The van der Waals surface area contributed by atoms with E-state index in [1.165, 1.54) is 0 Å².